The van der Waals surface area contributed by atoms with Crippen LogP contribution in [0.5, 0.6) is 0 Å². The fraction of sp³-hybridized carbons (Fsp3) is 0.929. The molecule has 2 heterocycles. The van der Waals surface area contributed by atoms with E-state index in [1.807, 2.05) is 14.1 Å². The molecule has 1 N–H and O–H groups in total. The minimum absolute atomic E-state index is 0.330. The van der Waals surface area contributed by atoms with Crippen LogP contribution in [0.4, 0.5) is 0 Å². The number of piperidine rings is 1. The van der Waals surface area contributed by atoms with Crippen molar-refractivity contribution >= 4 is 5.96 Å². The monoisotopic (exact) mass is 269 g/mol. The quantitative estimate of drug-likeness (QED) is 0.618. The average molecular weight is 269 g/mol. The molecule has 0 amide bonds. The summed E-state index contributed by atoms with van der Waals surface area (Å²) in [6.45, 7) is 3.71. The molecule has 2 saturated heterocycles. The summed E-state index contributed by atoms with van der Waals surface area (Å²) in [7, 11) is 3.75. The molecule has 2 fully saturated rings. The predicted molar refractivity (Wildman–Crippen MR) is 76.6 cm³/mol. The molecule has 0 aromatic rings. The van der Waals surface area contributed by atoms with Crippen LogP contribution < -0.4 is 5.32 Å². The number of ether oxygens (including phenoxy) is 2. The number of hydrogen-bond acceptors (Lipinski definition) is 3. The first-order valence-electron chi connectivity index (χ1n) is 7.46. The molecule has 19 heavy (non-hydrogen) atoms. The minimum atomic E-state index is 0.330. The van der Waals surface area contributed by atoms with E-state index in [-0.39, 0.29) is 0 Å². The van der Waals surface area contributed by atoms with Gasteiger partial charge in [0.05, 0.1) is 18.8 Å². The predicted octanol–water partition coefficient (Wildman–Crippen LogP) is 1.24. The molecule has 1 unspecified atom stereocenters. The third-order valence-electron chi connectivity index (χ3n) is 3.97. The molecule has 110 valence electrons. The Labute approximate surface area is 116 Å². The van der Waals surface area contributed by atoms with Crippen molar-refractivity contribution in [3.63, 3.8) is 0 Å². The highest BCUT2D eigenvalue weighted by Crippen LogP contribution is 2.17. The molecule has 5 nitrogen and oxygen atoms in total. The molecule has 0 aliphatic carbocycles. The zero-order valence-electron chi connectivity index (χ0n) is 12.2. The third kappa shape index (κ3) is 4.35. The summed E-state index contributed by atoms with van der Waals surface area (Å²) in [6.07, 6.45) is 6.52. The fourth-order valence-electron chi connectivity index (χ4n) is 2.83. The Balaban J connectivity index is 1.65. The van der Waals surface area contributed by atoms with Gasteiger partial charge in [0, 0.05) is 33.8 Å². The molecule has 2 rings (SSSR count). The lowest BCUT2D eigenvalue weighted by Crippen LogP contribution is -2.46. The highest BCUT2D eigenvalue weighted by Gasteiger charge is 2.23. The van der Waals surface area contributed by atoms with Crippen LogP contribution in [0.1, 0.15) is 32.1 Å². The largest absolute Gasteiger partial charge is 0.376 e. The Hall–Kier alpha value is -0.810. The molecule has 0 saturated carbocycles. The van der Waals surface area contributed by atoms with Gasteiger partial charge in [-0.25, -0.2) is 0 Å². The van der Waals surface area contributed by atoms with Crippen molar-refractivity contribution in [1.29, 1.82) is 0 Å². The number of hydrogen-bond donors (Lipinski definition) is 1. The number of rotatable bonds is 3. The Morgan fingerprint density at radius 3 is 2.68 bits per heavy atom. The van der Waals surface area contributed by atoms with Crippen molar-refractivity contribution in [1.82, 2.24) is 10.2 Å². The van der Waals surface area contributed by atoms with E-state index in [1.54, 1.807) is 0 Å². The van der Waals surface area contributed by atoms with Gasteiger partial charge < -0.3 is 19.7 Å². The fourth-order valence-corrected chi connectivity index (χ4v) is 2.83. The van der Waals surface area contributed by atoms with E-state index in [9.17, 15) is 0 Å². The van der Waals surface area contributed by atoms with E-state index in [1.165, 1.54) is 12.8 Å². The van der Waals surface area contributed by atoms with Gasteiger partial charge in [-0.05, 0) is 32.1 Å². The Morgan fingerprint density at radius 2 is 2.11 bits per heavy atom. The van der Waals surface area contributed by atoms with Crippen LogP contribution in [0.3, 0.4) is 0 Å². The summed E-state index contributed by atoms with van der Waals surface area (Å²) in [5.41, 5.74) is 0. The van der Waals surface area contributed by atoms with E-state index in [2.05, 4.69) is 15.2 Å². The topological polar surface area (TPSA) is 46.1 Å². The number of likely N-dealkylation sites (tertiary alicyclic amines) is 1. The zero-order chi connectivity index (χ0) is 13.5. The van der Waals surface area contributed by atoms with Crippen LogP contribution in [0, 0.1) is 0 Å². The van der Waals surface area contributed by atoms with Gasteiger partial charge in [-0.3, -0.25) is 4.99 Å². The summed E-state index contributed by atoms with van der Waals surface area (Å²) in [6, 6.07) is 0. The van der Waals surface area contributed by atoms with Crippen LogP contribution in [0.15, 0.2) is 4.99 Å². The standard InChI is InChI=1S/C14H27N3O2/c1-15-14(16-2)17-8-6-12(7-9-17)19-11-13-5-3-4-10-18-13/h12-13H,3-11H2,1-2H3,(H,15,16). The molecule has 0 spiro atoms. The van der Waals surface area contributed by atoms with Crippen LogP contribution in [-0.4, -0.2) is 63.5 Å². The summed E-state index contributed by atoms with van der Waals surface area (Å²) < 4.78 is 11.7. The zero-order valence-corrected chi connectivity index (χ0v) is 12.2. The van der Waals surface area contributed by atoms with Crippen molar-refractivity contribution < 1.29 is 9.47 Å². The van der Waals surface area contributed by atoms with Gasteiger partial charge in [0.2, 0.25) is 0 Å². The molecule has 0 aromatic carbocycles. The first kappa shape index (κ1) is 14.6. The van der Waals surface area contributed by atoms with Gasteiger partial charge in [-0.15, -0.1) is 0 Å². The lowest BCUT2D eigenvalue weighted by Gasteiger charge is -2.34. The van der Waals surface area contributed by atoms with E-state index in [0.29, 0.717) is 12.2 Å². The van der Waals surface area contributed by atoms with Crippen molar-refractivity contribution in [3.8, 4) is 0 Å². The summed E-state index contributed by atoms with van der Waals surface area (Å²) >= 11 is 0. The van der Waals surface area contributed by atoms with Gasteiger partial charge >= 0.3 is 0 Å². The second-order valence-corrected chi connectivity index (χ2v) is 5.31. The highest BCUT2D eigenvalue weighted by molar-refractivity contribution is 5.79. The highest BCUT2D eigenvalue weighted by atomic mass is 16.5. The molecule has 0 aromatic heterocycles. The summed E-state index contributed by atoms with van der Waals surface area (Å²) in [5, 5.41) is 3.14. The average Bonchev–Trinajstić information content (AvgIpc) is 2.49. The Kier molecular flexibility index (Phi) is 5.92. The maximum Gasteiger partial charge on any atom is 0.193 e. The van der Waals surface area contributed by atoms with Crippen LogP contribution in [0.25, 0.3) is 0 Å². The number of nitrogens with one attached hydrogen (secondary N) is 1. The van der Waals surface area contributed by atoms with E-state index >= 15 is 0 Å². The first-order chi connectivity index (χ1) is 9.33. The van der Waals surface area contributed by atoms with Crippen molar-refractivity contribution in [2.24, 2.45) is 4.99 Å². The molecular weight excluding hydrogens is 242 g/mol. The molecule has 1 atom stereocenters. The van der Waals surface area contributed by atoms with Gasteiger partial charge in [0.1, 0.15) is 0 Å². The van der Waals surface area contributed by atoms with E-state index in [4.69, 9.17) is 9.47 Å². The molecule has 2 aliphatic rings. The SMILES string of the molecule is CN=C(NC)N1CCC(OCC2CCCCO2)CC1. The molecule has 0 bridgehead atoms. The molecular formula is C14H27N3O2. The van der Waals surface area contributed by atoms with E-state index in [0.717, 1.165) is 51.5 Å². The van der Waals surface area contributed by atoms with Gasteiger partial charge in [0.15, 0.2) is 5.96 Å². The second kappa shape index (κ2) is 7.70. The summed E-state index contributed by atoms with van der Waals surface area (Å²) in [5.74, 6) is 0.981. The number of nitrogens with zero attached hydrogens (tertiary/aromatic N) is 2. The maximum atomic E-state index is 6.01. The summed E-state index contributed by atoms with van der Waals surface area (Å²) in [4.78, 5) is 6.53. The van der Waals surface area contributed by atoms with Gasteiger partial charge in [-0.2, -0.15) is 0 Å². The maximum absolute atomic E-state index is 6.01. The third-order valence-corrected chi connectivity index (χ3v) is 3.97. The van der Waals surface area contributed by atoms with E-state index < -0.39 is 0 Å². The molecule has 5 heteroatoms. The Morgan fingerprint density at radius 1 is 1.32 bits per heavy atom. The van der Waals surface area contributed by atoms with Crippen LogP contribution in [0.2, 0.25) is 0 Å². The minimum Gasteiger partial charge on any atom is -0.376 e. The second-order valence-electron chi connectivity index (χ2n) is 5.31. The van der Waals surface area contributed by atoms with Gasteiger partial charge in [-0.1, -0.05) is 0 Å². The van der Waals surface area contributed by atoms with Crippen molar-refractivity contribution in [2.45, 2.75) is 44.3 Å². The van der Waals surface area contributed by atoms with Crippen molar-refractivity contribution in [3.05, 3.63) is 0 Å². The molecule has 0 radical (unpaired) electrons. The number of guanidine groups is 1. The van der Waals surface area contributed by atoms with Crippen LogP contribution in [-0.2, 0) is 9.47 Å². The number of aliphatic imine (C=N–C) groups is 1. The first-order valence-corrected chi connectivity index (χ1v) is 7.46. The Bertz CT molecular complexity index is 282. The molecule has 2 aliphatic heterocycles. The van der Waals surface area contributed by atoms with Crippen LogP contribution >= 0.6 is 0 Å². The lowest BCUT2D eigenvalue weighted by atomic mass is 10.1. The smallest absolute Gasteiger partial charge is 0.193 e. The normalized spacial score (nSPS) is 26.5. The lowest BCUT2D eigenvalue weighted by molar-refractivity contribution is -0.0721. The van der Waals surface area contributed by atoms with Gasteiger partial charge in [0.25, 0.3) is 0 Å². The van der Waals surface area contributed by atoms with Crippen molar-refractivity contribution in [2.75, 3.05) is 40.4 Å².